The highest BCUT2D eigenvalue weighted by atomic mass is 16.6. The van der Waals surface area contributed by atoms with Crippen LogP contribution in [0.1, 0.15) is 57.2 Å². The number of carboxylic acids is 1. The number of aromatic nitrogens is 3. The Bertz CT molecular complexity index is 1000. The van der Waals surface area contributed by atoms with E-state index < -0.39 is 5.97 Å². The van der Waals surface area contributed by atoms with Crippen molar-refractivity contribution in [1.29, 1.82) is 0 Å². The number of amides is 1. The fraction of sp³-hybridized carbons (Fsp3) is 0.600. The summed E-state index contributed by atoms with van der Waals surface area (Å²) in [5, 5.41) is 17.7. The van der Waals surface area contributed by atoms with Gasteiger partial charge in [0.25, 0.3) is 0 Å². The average Bonchev–Trinajstić information content (AvgIpc) is 3.17. The van der Waals surface area contributed by atoms with Crippen LogP contribution in [-0.2, 0) is 23.2 Å². The first-order chi connectivity index (χ1) is 16.2. The van der Waals surface area contributed by atoms with Gasteiger partial charge in [0.1, 0.15) is 23.7 Å². The van der Waals surface area contributed by atoms with E-state index in [1.54, 1.807) is 23.7 Å². The lowest BCUT2D eigenvalue weighted by Crippen LogP contribution is -2.29. The maximum absolute atomic E-state index is 12.4. The number of carboxylic acid groups (broad SMARTS) is 1. The van der Waals surface area contributed by atoms with Gasteiger partial charge in [0.2, 0.25) is 0 Å². The minimum atomic E-state index is -0.748. The summed E-state index contributed by atoms with van der Waals surface area (Å²) in [4.78, 5) is 25.3. The number of aryl methyl sites for hydroxylation is 2. The highest BCUT2D eigenvalue weighted by molar-refractivity contribution is 5.70. The fourth-order valence-electron chi connectivity index (χ4n) is 4.13. The molecular weight excluding hydrogens is 436 g/mol. The molecule has 1 aromatic heterocycles. The standard InChI is InChI=1S/C25H36N4O5/c1-16(2)11-12-28(4)25(32)33-15-21-23(26-27-29(21)5)18-9-10-22(17(3)13-18)34-20-8-6-7-19(14-20)24(30)31/h9-10,13,16,19-20H,6-8,11-12,14-15H2,1-5H3,(H,30,31)/t19-,20-/m0/s1. The van der Waals surface area contributed by atoms with Gasteiger partial charge >= 0.3 is 12.1 Å². The van der Waals surface area contributed by atoms with Gasteiger partial charge in [0.15, 0.2) is 0 Å². The number of hydrogen-bond acceptors (Lipinski definition) is 6. The number of benzene rings is 1. The van der Waals surface area contributed by atoms with Gasteiger partial charge in [-0.05, 0) is 68.7 Å². The second kappa shape index (κ2) is 11.4. The molecule has 1 aliphatic carbocycles. The molecule has 1 aromatic carbocycles. The lowest BCUT2D eigenvalue weighted by molar-refractivity contribution is -0.143. The van der Waals surface area contributed by atoms with Crippen molar-refractivity contribution < 1.29 is 24.2 Å². The molecule has 2 aromatic rings. The molecule has 1 heterocycles. The van der Waals surface area contributed by atoms with Crippen molar-refractivity contribution in [2.75, 3.05) is 13.6 Å². The molecule has 1 fully saturated rings. The predicted octanol–water partition coefficient (Wildman–Crippen LogP) is 4.43. The third-order valence-corrected chi connectivity index (χ3v) is 6.35. The van der Waals surface area contributed by atoms with Crippen LogP contribution < -0.4 is 4.74 Å². The van der Waals surface area contributed by atoms with Gasteiger partial charge in [0.05, 0.1) is 12.0 Å². The van der Waals surface area contributed by atoms with Crippen LogP contribution >= 0.6 is 0 Å². The summed E-state index contributed by atoms with van der Waals surface area (Å²) in [5.74, 6) is 0.161. The van der Waals surface area contributed by atoms with Gasteiger partial charge in [-0.3, -0.25) is 4.79 Å². The lowest BCUT2D eigenvalue weighted by atomic mass is 9.87. The van der Waals surface area contributed by atoms with E-state index in [1.165, 1.54) is 0 Å². The van der Waals surface area contributed by atoms with Crippen LogP contribution in [0.15, 0.2) is 18.2 Å². The molecule has 0 saturated heterocycles. The summed E-state index contributed by atoms with van der Waals surface area (Å²) in [7, 11) is 3.51. The molecule has 2 atom stereocenters. The number of hydrogen-bond donors (Lipinski definition) is 1. The molecule has 1 amide bonds. The number of carbonyl (C=O) groups is 2. The minimum absolute atomic E-state index is 0.0691. The number of nitrogens with zero attached hydrogens (tertiary/aromatic N) is 4. The number of rotatable bonds is 9. The van der Waals surface area contributed by atoms with Gasteiger partial charge in [-0.1, -0.05) is 19.1 Å². The van der Waals surface area contributed by atoms with Gasteiger partial charge in [-0.25, -0.2) is 9.48 Å². The Kier molecular flexibility index (Phi) is 8.52. The topological polar surface area (TPSA) is 107 Å². The monoisotopic (exact) mass is 472 g/mol. The molecule has 186 valence electrons. The highest BCUT2D eigenvalue weighted by Crippen LogP contribution is 2.32. The smallest absolute Gasteiger partial charge is 0.409 e. The van der Waals surface area contributed by atoms with Crippen LogP contribution in [0.4, 0.5) is 4.79 Å². The molecule has 1 N–H and O–H groups in total. The van der Waals surface area contributed by atoms with E-state index in [0.717, 1.165) is 36.1 Å². The number of aliphatic carboxylic acids is 1. The van der Waals surface area contributed by atoms with E-state index in [-0.39, 0.29) is 24.7 Å². The van der Waals surface area contributed by atoms with E-state index in [0.29, 0.717) is 36.7 Å². The van der Waals surface area contributed by atoms with Crippen LogP contribution in [0, 0.1) is 18.8 Å². The van der Waals surface area contributed by atoms with Crippen molar-refractivity contribution in [3.63, 3.8) is 0 Å². The summed E-state index contributed by atoms with van der Waals surface area (Å²) < 4.78 is 13.3. The van der Waals surface area contributed by atoms with Crippen LogP contribution in [0.3, 0.4) is 0 Å². The normalized spacial score (nSPS) is 18.1. The van der Waals surface area contributed by atoms with Crippen molar-refractivity contribution in [2.24, 2.45) is 18.9 Å². The highest BCUT2D eigenvalue weighted by Gasteiger charge is 2.28. The second-order valence-corrected chi connectivity index (χ2v) is 9.59. The van der Waals surface area contributed by atoms with E-state index >= 15 is 0 Å². The van der Waals surface area contributed by atoms with Crippen LogP contribution in [-0.4, -0.2) is 56.8 Å². The van der Waals surface area contributed by atoms with Crippen molar-refractivity contribution in [1.82, 2.24) is 19.9 Å². The SMILES string of the molecule is Cc1cc(-c2nnn(C)c2COC(=O)N(C)CCC(C)C)ccc1O[C@H]1CCC[C@H](C(=O)O)C1. The van der Waals surface area contributed by atoms with Crippen LogP contribution in [0.2, 0.25) is 0 Å². The first-order valence-electron chi connectivity index (χ1n) is 11.9. The molecule has 9 heteroatoms. The first-order valence-corrected chi connectivity index (χ1v) is 11.9. The Morgan fingerprint density at radius 2 is 2.06 bits per heavy atom. The van der Waals surface area contributed by atoms with Gasteiger partial charge in [-0.15, -0.1) is 5.10 Å². The zero-order chi connectivity index (χ0) is 24.8. The van der Waals surface area contributed by atoms with Gasteiger partial charge in [0, 0.05) is 26.2 Å². The molecule has 9 nitrogen and oxygen atoms in total. The molecule has 0 bridgehead atoms. The van der Waals surface area contributed by atoms with Crippen LogP contribution in [0.5, 0.6) is 5.75 Å². The maximum Gasteiger partial charge on any atom is 0.409 e. The quantitative estimate of drug-likeness (QED) is 0.575. The molecule has 34 heavy (non-hydrogen) atoms. The third-order valence-electron chi connectivity index (χ3n) is 6.35. The Morgan fingerprint density at radius 1 is 1.29 bits per heavy atom. The van der Waals surface area contributed by atoms with E-state index in [9.17, 15) is 14.7 Å². The molecule has 1 aliphatic rings. The zero-order valence-electron chi connectivity index (χ0n) is 20.8. The number of carbonyl (C=O) groups excluding carboxylic acids is 1. The largest absolute Gasteiger partial charge is 0.490 e. The third kappa shape index (κ3) is 6.48. The second-order valence-electron chi connectivity index (χ2n) is 9.59. The van der Waals surface area contributed by atoms with Gasteiger partial charge in [-0.2, -0.15) is 0 Å². The Hall–Kier alpha value is -3.10. The van der Waals surface area contributed by atoms with Crippen molar-refractivity contribution in [3.05, 3.63) is 29.5 Å². The Balaban J connectivity index is 1.67. The molecular formula is C25H36N4O5. The predicted molar refractivity (Wildman–Crippen MR) is 127 cm³/mol. The molecule has 0 aliphatic heterocycles. The van der Waals surface area contributed by atoms with Crippen molar-refractivity contribution in [2.45, 2.75) is 65.6 Å². The Labute approximate surface area is 201 Å². The Morgan fingerprint density at radius 3 is 2.74 bits per heavy atom. The number of ether oxygens (including phenoxy) is 2. The molecule has 0 unspecified atom stereocenters. The minimum Gasteiger partial charge on any atom is -0.490 e. The first kappa shape index (κ1) is 25.5. The molecule has 0 radical (unpaired) electrons. The molecule has 0 spiro atoms. The average molecular weight is 473 g/mol. The van der Waals surface area contributed by atoms with E-state index in [1.807, 2.05) is 25.1 Å². The van der Waals surface area contributed by atoms with Crippen molar-refractivity contribution >= 4 is 12.1 Å². The van der Waals surface area contributed by atoms with Crippen LogP contribution in [0.25, 0.3) is 11.3 Å². The molecule has 3 rings (SSSR count). The lowest BCUT2D eigenvalue weighted by Gasteiger charge is -2.28. The maximum atomic E-state index is 12.4. The van der Waals surface area contributed by atoms with Gasteiger partial charge < -0.3 is 19.5 Å². The summed E-state index contributed by atoms with van der Waals surface area (Å²) in [5.41, 5.74) is 3.13. The van der Waals surface area contributed by atoms with E-state index in [2.05, 4.69) is 24.2 Å². The summed E-state index contributed by atoms with van der Waals surface area (Å²) in [6.07, 6.45) is 3.39. The summed E-state index contributed by atoms with van der Waals surface area (Å²) in [6.45, 7) is 6.90. The summed E-state index contributed by atoms with van der Waals surface area (Å²) >= 11 is 0. The fourth-order valence-corrected chi connectivity index (χ4v) is 4.13. The molecule has 1 saturated carbocycles. The summed E-state index contributed by atoms with van der Waals surface area (Å²) in [6, 6.07) is 5.76. The van der Waals surface area contributed by atoms with Crippen molar-refractivity contribution in [3.8, 4) is 17.0 Å². The zero-order valence-corrected chi connectivity index (χ0v) is 20.8. The van der Waals surface area contributed by atoms with E-state index in [4.69, 9.17) is 9.47 Å².